The maximum Gasteiger partial charge on any atom is 0.127 e. The molecule has 3 rings (SSSR count). The highest BCUT2D eigenvalue weighted by molar-refractivity contribution is 5.88. The van der Waals surface area contributed by atoms with Crippen LogP contribution in [0.3, 0.4) is 0 Å². The van der Waals surface area contributed by atoms with Crippen LogP contribution >= 0.6 is 0 Å². The summed E-state index contributed by atoms with van der Waals surface area (Å²) in [4.78, 5) is 0. The van der Waals surface area contributed by atoms with E-state index in [0.29, 0.717) is 13.2 Å². The Bertz CT molecular complexity index is 782. The van der Waals surface area contributed by atoms with Gasteiger partial charge in [-0.05, 0) is 48.0 Å². The third-order valence-corrected chi connectivity index (χ3v) is 4.08. The first-order valence-corrected chi connectivity index (χ1v) is 7.84. The molecule has 3 aromatic rings. The molecule has 2 nitrogen and oxygen atoms in total. The largest absolute Gasteiger partial charge is 0.493 e. The van der Waals surface area contributed by atoms with E-state index < -0.39 is 0 Å². The average Bonchev–Trinajstić information content (AvgIpc) is 2.59. The van der Waals surface area contributed by atoms with Gasteiger partial charge in [-0.25, -0.2) is 4.39 Å². The number of hydrogen-bond acceptors (Lipinski definition) is 2. The fourth-order valence-electron chi connectivity index (χ4n) is 2.81. The topological polar surface area (TPSA) is 35.2 Å². The maximum absolute atomic E-state index is 13.4. The lowest BCUT2D eigenvalue weighted by Gasteiger charge is -2.16. The zero-order valence-electron chi connectivity index (χ0n) is 12.9. The molecule has 1 unspecified atom stereocenters. The van der Waals surface area contributed by atoms with Crippen LogP contribution in [0, 0.1) is 5.82 Å². The molecule has 0 radical (unpaired) electrons. The van der Waals surface area contributed by atoms with Crippen LogP contribution in [0.25, 0.3) is 10.8 Å². The first-order valence-electron chi connectivity index (χ1n) is 7.84. The Hall–Kier alpha value is -2.39. The van der Waals surface area contributed by atoms with E-state index in [1.165, 1.54) is 6.07 Å². The normalized spacial score (nSPS) is 12.3. The van der Waals surface area contributed by atoms with Crippen molar-refractivity contribution in [3.8, 4) is 5.75 Å². The molecular formula is C20H20FNO. The summed E-state index contributed by atoms with van der Waals surface area (Å²) in [6.45, 7) is 1.02. The summed E-state index contributed by atoms with van der Waals surface area (Å²) in [6, 6.07) is 20.8. The number of rotatable bonds is 6. The molecule has 23 heavy (non-hydrogen) atoms. The highest BCUT2D eigenvalue weighted by atomic mass is 19.1. The highest BCUT2D eigenvalue weighted by Crippen LogP contribution is 2.26. The van der Waals surface area contributed by atoms with Crippen molar-refractivity contribution >= 4 is 10.8 Å². The molecule has 0 fully saturated rings. The molecule has 0 heterocycles. The van der Waals surface area contributed by atoms with Crippen LogP contribution in [0.15, 0.2) is 66.7 Å². The molecule has 3 aromatic carbocycles. The van der Waals surface area contributed by atoms with Crippen LogP contribution in [0.2, 0.25) is 0 Å². The minimum absolute atomic E-state index is 0.0978. The summed E-state index contributed by atoms with van der Waals surface area (Å²) >= 11 is 0. The SMILES string of the molecule is NCC(CCOc1cccc2ccccc12)c1cccc(F)c1. The summed E-state index contributed by atoms with van der Waals surface area (Å²) < 4.78 is 19.3. The second-order valence-corrected chi connectivity index (χ2v) is 5.60. The predicted octanol–water partition coefficient (Wildman–Crippen LogP) is 4.49. The van der Waals surface area contributed by atoms with E-state index in [-0.39, 0.29) is 11.7 Å². The number of benzene rings is 3. The Morgan fingerprint density at radius 1 is 0.957 bits per heavy atom. The summed E-state index contributed by atoms with van der Waals surface area (Å²) in [6.07, 6.45) is 0.753. The quantitative estimate of drug-likeness (QED) is 0.728. The first-order chi connectivity index (χ1) is 11.3. The van der Waals surface area contributed by atoms with Crippen LogP contribution in [-0.4, -0.2) is 13.2 Å². The molecule has 2 N–H and O–H groups in total. The molecule has 0 saturated heterocycles. The number of halogens is 1. The zero-order valence-corrected chi connectivity index (χ0v) is 12.9. The smallest absolute Gasteiger partial charge is 0.127 e. The van der Waals surface area contributed by atoms with Crippen molar-refractivity contribution in [1.82, 2.24) is 0 Å². The van der Waals surface area contributed by atoms with Gasteiger partial charge in [-0.3, -0.25) is 0 Å². The Balaban J connectivity index is 1.68. The summed E-state index contributed by atoms with van der Waals surface area (Å²) in [5.74, 6) is 0.745. The average molecular weight is 309 g/mol. The van der Waals surface area contributed by atoms with Crippen LogP contribution in [0.1, 0.15) is 17.9 Å². The van der Waals surface area contributed by atoms with E-state index >= 15 is 0 Å². The minimum Gasteiger partial charge on any atom is -0.493 e. The molecule has 0 saturated carbocycles. The van der Waals surface area contributed by atoms with Crippen molar-refractivity contribution < 1.29 is 9.13 Å². The van der Waals surface area contributed by atoms with Gasteiger partial charge in [-0.1, -0.05) is 48.5 Å². The van der Waals surface area contributed by atoms with Crippen LogP contribution in [-0.2, 0) is 0 Å². The van der Waals surface area contributed by atoms with Gasteiger partial charge in [0.15, 0.2) is 0 Å². The molecule has 0 bridgehead atoms. The number of hydrogen-bond donors (Lipinski definition) is 1. The standard InChI is InChI=1S/C20H20FNO/c21-18-8-3-7-16(13-18)17(14-22)11-12-23-20-10-4-6-15-5-1-2-9-19(15)20/h1-10,13,17H,11-12,14,22H2. The van der Waals surface area contributed by atoms with E-state index in [4.69, 9.17) is 10.5 Å². The fraction of sp³-hybridized carbons (Fsp3) is 0.200. The summed E-state index contributed by atoms with van der Waals surface area (Å²) in [5, 5.41) is 2.26. The molecule has 0 aliphatic carbocycles. The van der Waals surface area contributed by atoms with Crippen molar-refractivity contribution in [3.63, 3.8) is 0 Å². The molecule has 1 atom stereocenters. The monoisotopic (exact) mass is 309 g/mol. The Kier molecular flexibility index (Phi) is 4.89. The van der Waals surface area contributed by atoms with Gasteiger partial charge in [-0.2, -0.15) is 0 Å². The Morgan fingerprint density at radius 2 is 1.74 bits per heavy atom. The molecule has 3 heteroatoms. The van der Waals surface area contributed by atoms with Gasteiger partial charge in [0.05, 0.1) is 6.61 Å². The van der Waals surface area contributed by atoms with Crippen molar-refractivity contribution in [2.45, 2.75) is 12.3 Å². The van der Waals surface area contributed by atoms with Crippen molar-refractivity contribution in [2.24, 2.45) is 5.73 Å². The number of nitrogens with two attached hydrogens (primary N) is 1. The second kappa shape index (κ2) is 7.25. The van der Waals surface area contributed by atoms with Gasteiger partial charge in [0.25, 0.3) is 0 Å². The lowest BCUT2D eigenvalue weighted by atomic mass is 9.96. The minimum atomic E-state index is -0.226. The van der Waals surface area contributed by atoms with Gasteiger partial charge in [0, 0.05) is 5.39 Å². The van der Waals surface area contributed by atoms with Gasteiger partial charge in [0.2, 0.25) is 0 Å². The Morgan fingerprint density at radius 3 is 2.57 bits per heavy atom. The molecule has 0 amide bonds. The third kappa shape index (κ3) is 3.69. The van der Waals surface area contributed by atoms with Crippen molar-refractivity contribution in [1.29, 1.82) is 0 Å². The van der Waals surface area contributed by atoms with E-state index in [1.807, 2.05) is 30.3 Å². The third-order valence-electron chi connectivity index (χ3n) is 4.08. The molecule has 0 aromatic heterocycles. The molecule has 0 aliphatic rings. The summed E-state index contributed by atoms with van der Waals surface area (Å²) in [7, 11) is 0. The van der Waals surface area contributed by atoms with Gasteiger partial charge in [-0.15, -0.1) is 0 Å². The number of fused-ring (bicyclic) bond motifs is 1. The lowest BCUT2D eigenvalue weighted by molar-refractivity contribution is 0.301. The highest BCUT2D eigenvalue weighted by Gasteiger charge is 2.11. The maximum atomic E-state index is 13.4. The summed E-state index contributed by atoms with van der Waals surface area (Å²) in [5.41, 5.74) is 6.77. The predicted molar refractivity (Wildman–Crippen MR) is 92.3 cm³/mol. The van der Waals surface area contributed by atoms with E-state index in [0.717, 1.165) is 28.5 Å². The van der Waals surface area contributed by atoms with E-state index in [1.54, 1.807) is 12.1 Å². The molecule has 0 spiro atoms. The van der Waals surface area contributed by atoms with Gasteiger partial charge < -0.3 is 10.5 Å². The van der Waals surface area contributed by atoms with E-state index in [9.17, 15) is 4.39 Å². The first kappa shape index (κ1) is 15.5. The molecule has 118 valence electrons. The van der Waals surface area contributed by atoms with Crippen molar-refractivity contribution in [2.75, 3.05) is 13.2 Å². The van der Waals surface area contributed by atoms with E-state index in [2.05, 4.69) is 18.2 Å². The van der Waals surface area contributed by atoms with Crippen LogP contribution < -0.4 is 10.5 Å². The van der Waals surface area contributed by atoms with Crippen LogP contribution in [0.4, 0.5) is 4.39 Å². The van der Waals surface area contributed by atoms with Gasteiger partial charge in [0.1, 0.15) is 11.6 Å². The zero-order chi connectivity index (χ0) is 16.1. The Labute approximate surface area is 135 Å². The molecular weight excluding hydrogens is 289 g/mol. The van der Waals surface area contributed by atoms with Crippen molar-refractivity contribution in [3.05, 3.63) is 78.1 Å². The number of ether oxygens (including phenoxy) is 1. The van der Waals surface area contributed by atoms with Gasteiger partial charge >= 0.3 is 0 Å². The lowest BCUT2D eigenvalue weighted by Crippen LogP contribution is -2.15. The molecule has 0 aliphatic heterocycles. The fourth-order valence-corrected chi connectivity index (χ4v) is 2.81. The van der Waals surface area contributed by atoms with Crippen LogP contribution in [0.5, 0.6) is 5.75 Å². The second-order valence-electron chi connectivity index (χ2n) is 5.60.